The van der Waals surface area contributed by atoms with Crippen molar-refractivity contribution >= 4 is 23.6 Å². The van der Waals surface area contributed by atoms with Crippen LogP contribution in [0.1, 0.15) is 37.7 Å². The SMILES string of the molecule is O=C(NC1CCCCC1)[C@@H]1CS[C@@H](Cc2ccccc2F)C(=O)N1. The van der Waals surface area contributed by atoms with E-state index in [1.165, 1.54) is 24.2 Å². The van der Waals surface area contributed by atoms with Crippen molar-refractivity contribution in [1.29, 1.82) is 0 Å². The highest BCUT2D eigenvalue weighted by atomic mass is 32.2. The molecule has 24 heavy (non-hydrogen) atoms. The molecule has 6 heteroatoms. The molecule has 4 nitrogen and oxygen atoms in total. The van der Waals surface area contributed by atoms with Crippen LogP contribution in [0.4, 0.5) is 4.39 Å². The zero-order valence-corrected chi connectivity index (χ0v) is 14.4. The predicted octanol–water partition coefficient (Wildman–Crippen LogP) is 2.42. The van der Waals surface area contributed by atoms with Crippen LogP contribution in [0.3, 0.4) is 0 Å². The molecule has 1 saturated carbocycles. The van der Waals surface area contributed by atoms with Crippen molar-refractivity contribution < 1.29 is 14.0 Å². The first-order valence-corrected chi connectivity index (χ1v) is 9.64. The first-order chi connectivity index (χ1) is 11.6. The second-order valence-electron chi connectivity index (χ2n) is 6.52. The predicted molar refractivity (Wildman–Crippen MR) is 93.3 cm³/mol. The Labute approximate surface area is 146 Å². The minimum absolute atomic E-state index is 0.0907. The second kappa shape index (κ2) is 8.01. The highest BCUT2D eigenvalue weighted by molar-refractivity contribution is 8.00. The van der Waals surface area contributed by atoms with E-state index >= 15 is 0 Å². The molecule has 130 valence electrons. The number of rotatable bonds is 4. The molecule has 2 N–H and O–H groups in total. The highest BCUT2D eigenvalue weighted by Gasteiger charge is 2.33. The number of amides is 2. The van der Waals surface area contributed by atoms with Gasteiger partial charge < -0.3 is 10.6 Å². The summed E-state index contributed by atoms with van der Waals surface area (Å²) >= 11 is 1.43. The van der Waals surface area contributed by atoms with Crippen molar-refractivity contribution in [1.82, 2.24) is 10.6 Å². The summed E-state index contributed by atoms with van der Waals surface area (Å²) < 4.78 is 13.7. The lowest BCUT2D eigenvalue weighted by Gasteiger charge is -2.30. The molecule has 0 radical (unpaired) electrons. The van der Waals surface area contributed by atoms with Crippen molar-refractivity contribution in [2.75, 3.05) is 5.75 Å². The zero-order valence-electron chi connectivity index (χ0n) is 13.6. The van der Waals surface area contributed by atoms with Crippen LogP contribution < -0.4 is 10.6 Å². The minimum atomic E-state index is -0.485. The molecule has 1 saturated heterocycles. The Morgan fingerprint density at radius 2 is 2.00 bits per heavy atom. The smallest absolute Gasteiger partial charge is 0.243 e. The maximum atomic E-state index is 13.7. The molecule has 0 spiro atoms. The van der Waals surface area contributed by atoms with Gasteiger partial charge in [0.25, 0.3) is 0 Å². The Bertz CT molecular complexity index is 604. The third-order valence-electron chi connectivity index (χ3n) is 4.70. The molecule has 0 bridgehead atoms. The van der Waals surface area contributed by atoms with Crippen LogP contribution in [0, 0.1) is 5.82 Å². The van der Waals surface area contributed by atoms with Crippen LogP contribution in [0.5, 0.6) is 0 Å². The van der Waals surface area contributed by atoms with Gasteiger partial charge in [-0.1, -0.05) is 37.5 Å². The number of nitrogens with one attached hydrogen (secondary N) is 2. The number of carbonyl (C=O) groups excluding carboxylic acids is 2. The molecule has 1 aliphatic heterocycles. The molecule has 2 aliphatic rings. The van der Waals surface area contributed by atoms with Crippen LogP contribution in [0.2, 0.25) is 0 Å². The standard InChI is InChI=1S/C18H23FN2O2S/c19-14-9-5-4-6-12(14)10-16-18(23)21-15(11-24-16)17(22)20-13-7-2-1-3-8-13/h4-6,9,13,15-16H,1-3,7-8,10-11H2,(H,20,22)(H,21,23)/t15-,16-/m0/s1. The van der Waals surface area contributed by atoms with Gasteiger partial charge in [-0.05, 0) is 30.9 Å². The summed E-state index contributed by atoms with van der Waals surface area (Å²) in [6, 6.07) is 6.26. The van der Waals surface area contributed by atoms with Gasteiger partial charge in [0.15, 0.2) is 0 Å². The van der Waals surface area contributed by atoms with E-state index in [0.717, 1.165) is 25.7 Å². The molecule has 1 aromatic carbocycles. The summed E-state index contributed by atoms with van der Waals surface area (Å²) in [5.74, 6) is -0.0305. The van der Waals surface area contributed by atoms with E-state index in [0.29, 0.717) is 17.7 Å². The fraction of sp³-hybridized carbons (Fsp3) is 0.556. The molecule has 1 aliphatic carbocycles. The van der Waals surface area contributed by atoms with Gasteiger partial charge in [-0.15, -0.1) is 11.8 Å². The molecule has 2 atom stereocenters. The second-order valence-corrected chi connectivity index (χ2v) is 7.76. The molecular weight excluding hydrogens is 327 g/mol. The molecule has 1 aromatic rings. The van der Waals surface area contributed by atoms with E-state index in [1.54, 1.807) is 18.2 Å². The molecule has 2 fully saturated rings. The van der Waals surface area contributed by atoms with E-state index in [2.05, 4.69) is 10.6 Å². The normalized spacial score (nSPS) is 25.1. The maximum absolute atomic E-state index is 13.7. The van der Waals surface area contributed by atoms with Crippen LogP contribution in [-0.4, -0.2) is 34.9 Å². The quantitative estimate of drug-likeness (QED) is 0.877. The monoisotopic (exact) mass is 350 g/mol. The van der Waals surface area contributed by atoms with Crippen LogP contribution >= 0.6 is 11.8 Å². The third kappa shape index (κ3) is 4.29. The number of hydrogen-bond donors (Lipinski definition) is 2. The van der Waals surface area contributed by atoms with Crippen molar-refractivity contribution in [3.63, 3.8) is 0 Å². The molecular formula is C18H23FN2O2S. The molecule has 2 amide bonds. The van der Waals surface area contributed by atoms with Gasteiger partial charge in [0, 0.05) is 11.8 Å². The average molecular weight is 350 g/mol. The Morgan fingerprint density at radius 3 is 2.71 bits per heavy atom. The maximum Gasteiger partial charge on any atom is 0.243 e. The largest absolute Gasteiger partial charge is 0.352 e. The lowest BCUT2D eigenvalue weighted by atomic mass is 9.95. The van der Waals surface area contributed by atoms with E-state index < -0.39 is 6.04 Å². The molecule has 1 heterocycles. The van der Waals surface area contributed by atoms with Gasteiger partial charge in [-0.3, -0.25) is 9.59 Å². The van der Waals surface area contributed by atoms with Crippen LogP contribution in [-0.2, 0) is 16.0 Å². The Morgan fingerprint density at radius 1 is 1.25 bits per heavy atom. The van der Waals surface area contributed by atoms with Crippen LogP contribution in [0.25, 0.3) is 0 Å². The van der Waals surface area contributed by atoms with Crippen LogP contribution in [0.15, 0.2) is 24.3 Å². The van der Waals surface area contributed by atoms with Crippen molar-refractivity contribution in [3.8, 4) is 0 Å². The summed E-state index contributed by atoms with van der Waals surface area (Å²) in [6.45, 7) is 0. The van der Waals surface area contributed by atoms with Gasteiger partial charge in [-0.25, -0.2) is 4.39 Å². The lowest BCUT2D eigenvalue weighted by molar-refractivity contribution is -0.129. The zero-order chi connectivity index (χ0) is 16.9. The van der Waals surface area contributed by atoms with Crippen molar-refractivity contribution in [2.45, 2.75) is 55.9 Å². The first-order valence-electron chi connectivity index (χ1n) is 8.59. The first kappa shape index (κ1) is 17.3. The minimum Gasteiger partial charge on any atom is -0.352 e. The van der Waals surface area contributed by atoms with Gasteiger partial charge in [0.1, 0.15) is 11.9 Å². The van der Waals surface area contributed by atoms with Gasteiger partial charge >= 0.3 is 0 Å². The van der Waals surface area contributed by atoms with Gasteiger partial charge in [0.2, 0.25) is 11.8 Å². The van der Waals surface area contributed by atoms with Crippen molar-refractivity contribution in [3.05, 3.63) is 35.6 Å². The summed E-state index contributed by atoms with van der Waals surface area (Å²) in [7, 11) is 0. The Kier molecular flexibility index (Phi) is 5.76. The Balaban J connectivity index is 1.52. The fourth-order valence-corrected chi connectivity index (χ4v) is 4.48. The number of carbonyl (C=O) groups is 2. The number of halogens is 1. The number of thioether (sulfide) groups is 1. The van der Waals surface area contributed by atoms with Crippen molar-refractivity contribution in [2.24, 2.45) is 0 Å². The number of hydrogen-bond acceptors (Lipinski definition) is 3. The third-order valence-corrected chi connectivity index (χ3v) is 6.01. The lowest BCUT2D eigenvalue weighted by Crippen LogP contribution is -2.56. The molecule has 3 rings (SSSR count). The fourth-order valence-electron chi connectivity index (χ4n) is 3.30. The summed E-state index contributed by atoms with van der Waals surface area (Å²) in [5, 5.41) is 5.51. The average Bonchev–Trinajstić information content (AvgIpc) is 2.59. The number of benzene rings is 1. The van der Waals surface area contributed by atoms with E-state index in [1.807, 2.05) is 0 Å². The molecule has 0 unspecified atom stereocenters. The van der Waals surface area contributed by atoms with E-state index in [9.17, 15) is 14.0 Å². The summed E-state index contributed by atoms with van der Waals surface area (Å²) in [6.07, 6.45) is 5.94. The summed E-state index contributed by atoms with van der Waals surface area (Å²) in [4.78, 5) is 24.6. The highest BCUT2D eigenvalue weighted by Crippen LogP contribution is 2.24. The van der Waals surface area contributed by atoms with Gasteiger partial charge in [0.05, 0.1) is 5.25 Å². The molecule has 0 aromatic heterocycles. The van der Waals surface area contributed by atoms with Gasteiger partial charge in [-0.2, -0.15) is 0 Å². The topological polar surface area (TPSA) is 58.2 Å². The van der Waals surface area contributed by atoms with E-state index in [4.69, 9.17) is 0 Å². The van der Waals surface area contributed by atoms with E-state index in [-0.39, 0.29) is 28.9 Å². The summed E-state index contributed by atoms with van der Waals surface area (Å²) in [5.41, 5.74) is 0.537. The Hall–Kier alpha value is -1.56.